The van der Waals surface area contributed by atoms with E-state index in [1.807, 2.05) is 0 Å². The quantitative estimate of drug-likeness (QED) is 0.803. The number of alkyl halides is 2. The van der Waals surface area contributed by atoms with Crippen molar-refractivity contribution < 1.29 is 4.79 Å². The van der Waals surface area contributed by atoms with Crippen LogP contribution in [0.4, 0.5) is 5.82 Å². The van der Waals surface area contributed by atoms with Crippen LogP contribution in [0.5, 0.6) is 0 Å². The monoisotopic (exact) mass is 239 g/mol. The van der Waals surface area contributed by atoms with Gasteiger partial charge in [0.05, 0.1) is 0 Å². The number of nitrogens with one attached hydrogen (secondary N) is 1. The normalized spacial score (nSPS) is 10.2. The van der Waals surface area contributed by atoms with Gasteiger partial charge in [-0.2, -0.15) is 0 Å². The minimum atomic E-state index is -1.13. The SMILES string of the molecule is O=C(Nc1ccc(Cl)nn1)C(Cl)Cl. The Morgan fingerprint density at radius 1 is 1.38 bits per heavy atom. The van der Waals surface area contributed by atoms with Gasteiger partial charge in [-0.05, 0) is 12.1 Å². The molecule has 1 rings (SSSR count). The van der Waals surface area contributed by atoms with Crippen molar-refractivity contribution in [2.45, 2.75) is 4.84 Å². The van der Waals surface area contributed by atoms with Crippen molar-refractivity contribution in [2.24, 2.45) is 0 Å². The topological polar surface area (TPSA) is 54.9 Å². The van der Waals surface area contributed by atoms with E-state index in [2.05, 4.69) is 15.5 Å². The lowest BCUT2D eigenvalue weighted by Gasteiger charge is -2.02. The lowest BCUT2D eigenvalue weighted by Crippen LogP contribution is -2.19. The molecule has 1 aromatic heterocycles. The summed E-state index contributed by atoms with van der Waals surface area (Å²) in [5.41, 5.74) is 0. The molecule has 0 aromatic carbocycles. The number of halogens is 3. The number of anilines is 1. The second kappa shape index (κ2) is 4.60. The van der Waals surface area contributed by atoms with Crippen LogP contribution >= 0.6 is 34.8 Å². The molecule has 0 saturated heterocycles. The highest BCUT2D eigenvalue weighted by Gasteiger charge is 2.11. The predicted octanol–water partition coefficient (Wildman–Crippen LogP) is 1.87. The molecule has 0 atom stereocenters. The maximum absolute atomic E-state index is 10.9. The molecule has 0 unspecified atom stereocenters. The van der Waals surface area contributed by atoms with Crippen LogP contribution in [0.3, 0.4) is 0 Å². The molecule has 0 fully saturated rings. The van der Waals surface area contributed by atoms with Crippen LogP contribution in [0.2, 0.25) is 5.15 Å². The summed E-state index contributed by atoms with van der Waals surface area (Å²) in [5.74, 6) is -0.305. The van der Waals surface area contributed by atoms with Crippen LogP contribution < -0.4 is 5.32 Å². The van der Waals surface area contributed by atoms with E-state index in [9.17, 15) is 4.79 Å². The highest BCUT2D eigenvalue weighted by atomic mass is 35.5. The summed E-state index contributed by atoms with van der Waals surface area (Å²) in [7, 11) is 0. The number of hydrogen-bond donors (Lipinski definition) is 1. The van der Waals surface area contributed by atoms with Crippen molar-refractivity contribution in [1.82, 2.24) is 10.2 Å². The fourth-order valence-electron chi connectivity index (χ4n) is 0.563. The summed E-state index contributed by atoms with van der Waals surface area (Å²) < 4.78 is 0. The molecular weight excluding hydrogens is 236 g/mol. The number of carbonyl (C=O) groups is 1. The molecule has 1 heterocycles. The van der Waals surface area contributed by atoms with E-state index >= 15 is 0 Å². The number of amides is 1. The zero-order chi connectivity index (χ0) is 9.84. The van der Waals surface area contributed by atoms with Crippen molar-refractivity contribution in [2.75, 3.05) is 5.32 Å². The van der Waals surface area contributed by atoms with Crippen LogP contribution in [-0.2, 0) is 4.79 Å². The summed E-state index contributed by atoms with van der Waals surface area (Å²) in [6, 6.07) is 2.98. The molecule has 0 saturated carbocycles. The Labute approximate surface area is 89.2 Å². The van der Waals surface area contributed by atoms with Gasteiger partial charge in [-0.1, -0.05) is 34.8 Å². The number of carbonyl (C=O) groups excluding carboxylic acids is 1. The van der Waals surface area contributed by atoms with Gasteiger partial charge in [0.1, 0.15) is 0 Å². The molecule has 0 bridgehead atoms. The molecule has 0 aliphatic heterocycles. The molecule has 4 nitrogen and oxygen atoms in total. The highest BCUT2D eigenvalue weighted by molar-refractivity contribution is 6.54. The zero-order valence-electron chi connectivity index (χ0n) is 6.17. The zero-order valence-corrected chi connectivity index (χ0v) is 8.44. The first kappa shape index (κ1) is 10.5. The molecular formula is C6H4Cl3N3O. The third-order valence-corrected chi connectivity index (χ3v) is 1.68. The highest BCUT2D eigenvalue weighted by Crippen LogP contribution is 2.09. The van der Waals surface area contributed by atoms with E-state index < -0.39 is 10.7 Å². The predicted molar refractivity (Wildman–Crippen MR) is 51.2 cm³/mol. The summed E-state index contributed by atoms with van der Waals surface area (Å²) >= 11 is 16.0. The van der Waals surface area contributed by atoms with E-state index in [-0.39, 0.29) is 11.0 Å². The molecule has 1 aromatic rings. The third-order valence-electron chi connectivity index (χ3n) is 1.08. The van der Waals surface area contributed by atoms with Gasteiger partial charge in [0.25, 0.3) is 5.91 Å². The van der Waals surface area contributed by atoms with Crippen LogP contribution in [-0.4, -0.2) is 20.9 Å². The van der Waals surface area contributed by atoms with Crippen LogP contribution in [0.1, 0.15) is 0 Å². The average Bonchev–Trinajstić information content (AvgIpc) is 2.08. The first-order valence-corrected chi connectivity index (χ1v) is 4.43. The van der Waals surface area contributed by atoms with E-state index in [4.69, 9.17) is 34.8 Å². The second-order valence-electron chi connectivity index (χ2n) is 2.03. The molecule has 7 heteroatoms. The second-order valence-corrected chi connectivity index (χ2v) is 3.51. The van der Waals surface area contributed by atoms with Gasteiger partial charge in [-0.15, -0.1) is 10.2 Å². The fraction of sp³-hybridized carbons (Fsp3) is 0.167. The van der Waals surface area contributed by atoms with Gasteiger partial charge in [-0.25, -0.2) is 0 Å². The van der Waals surface area contributed by atoms with Crippen LogP contribution in [0.15, 0.2) is 12.1 Å². The molecule has 70 valence electrons. The van der Waals surface area contributed by atoms with Gasteiger partial charge >= 0.3 is 0 Å². The largest absolute Gasteiger partial charge is 0.307 e. The molecule has 0 aliphatic carbocycles. The van der Waals surface area contributed by atoms with Gasteiger partial charge in [0, 0.05) is 0 Å². The Kier molecular flexibility index (Phi) is 3.71. The van der Waals surface area contributed by atoms with Crippen molar-refractivity contribution >= 4 is 46.5 Å². The molecule has 0 aliphatic rings. The van der Waals surface area contributed by atoms with Crippen molar-refractivity contribution in [3.63, 3.8) is 0 Å². The average molecular weight is 240 g/mol. The molecule has 1 N–H and O–H groups in total. The third kappa shape index (κ3) is 3.34. The van der Waals surface area contributed by atoms with Gasteiger partial charge < -0.3 is 5.32 Å². The maximum Gasteiger partial charge on any atom is 0.258 e. The standard InChI is InChI=1S/C6H4Cl3N3O/c7-3-1-2-4(12-11-3)10-6(13)5(8)9/h1-2,5H,(H,10,12,13). The van der Waals surface area contributed by atoms with E-state index in [1.165, 1.54) is 12.1 Å². The van der Waals surface area contributed by atoms with Gasteiger partial charge in [0.15, 0.2) is 15.8 Å². The Hall–Kier alpha value is -0.580. The molecule has 0 spiro atoms. The fourth-order valence-corrected chi connectivity index (χ4v) is 0.773. The number of hydrogen-bond acceptors (Lipinski definition) is 3. The van der Waals surface area contributed by atoms with Crippen molar-refractivity contribution in [3.05, 3.63) is 17.3 Å². The van der Waals surface area contributed by atoms with E-state index in [0.29, 0.717) is 0 Å². The van der Waals surface area contributed by atoms with Crippen molar-refractivity contribution in [3.8, 4) is 0 Å². The Morgan fingerprint density at radius 3 is 2.54 bits per heavy atom. The minimum Gasteiger partial charge on any atom is -0.307 e. The maximum atomic E-state index is 10.9. The lowest BCUT2D eigenvalue weighted by molar-refractivity contribution is -0.114. The van der Waals surface area contributed by atoms with Gasteiger partial charge in [0.2, 0.25) is 0 Å². The summed E-state index contributed by atoms with van der Waals surface area (Å²) in [4.78, 5) is 9.79. The molecule has 1 amide bonds. The smallest absolute Gasteiger partial charge is 0.258 e. The van der Waals surface area contributed by atoms with E-state index in [0.717, 1.165) is 0 Å². The summed E-state index contributed by atoms with van der Waals surface area (Å²) in [6.07, 6.45) is 0. The first-order chi connectivity index (χ1) is 6.09. The number of rotatable bonds is 2. The Bertz CT molecular complexity index is 300. The first-order valence-electron chi connectivity index (χ1n) is 3.18. The van der Waals surface area contributed by atoms with E-state index in [1.54, 1.807) is 0 Å². The van der Waals surface area contributed by atoms with Crippen molar-refractivity contribution in [1.29, 1.82) is 0 Å². The van der Waals surface area contributed by atoms with Crippen LogP contribution in [0, 0.1) is 0 Å². The summed E-state index contributed by atoms with van der Waals surface area (Å²) in [5, 5.41) is 9.65. The minimum absolute atomic E-state index is 0.242. The van der Waals surface area contributed by atoms with Gasteiger partial charge in [-0.3, -0.25) is 4.79 Å². The number of nitrogens with zero attached hydrogens (tertiary/aromatic N) is 2. The number of aromatic nitrogens is 2. The molecule has 13 heavy (non-hydrogen) atoms. The molecule has 0 radical (unpaired) electrons. The Balaban J connectivity index is 2.65. The lowest BCUT2D eigenvalue weighted by atomic mass is 10.5. The Morgan fingerprint density at radius 2 is 2.08 bits per heavy atom. The van der Waals surface area contributed by atoms with Crippen LogP contribution in [0.25, 0.3) is 0 Å². The summed E-state index contributed by atoms with van der Waals surface area (Å²) in [6.45, 7) is 0.